The van der Waals surface area contributed by atoms with Crippen LogP contribution in [-0.2, 0) is 6.42 Å². The SMILES string of the molecule is CCc1cc(C(=O)N2CC=CC2)n[nH]1. The number of aromatic nitrogens is 2. The van der Waals surface area contributed by atoms with Gasteiger partial charge in [-0.05, 0) is 12.5 Å². The summed E-state index contributed by atoms with van der Waals surface area (Å²) in [6.07, 6.45) is 4.86. The van der Waals surface area contributed by atoms with Gasteiger partial charge in [-0.15, -0.1) is 0 Å². The van der Waals surface area contributed by atoms with Crippen LogP contribution in [0.15, 0.2) is 18.2 Å². The van der Waals surface area contributed by atoms with Gasteiger partial charge in [-0.2, -0.15) is 5.10 Å². The molecule has 0 spiro atoms. The van der Waals surface area contributed by atoms with E-state index in [2.05, 4.69) is 10.2 Å². The molecule has 0 aliphatic carbocycles. The molecule has 14 heavy (non-hydrogen) atoms. The summed E-state index contributed by atoms with van der Waals surface area (Å²) in [6, 6.07) is 1.82. The Morgan fingerprint density at radius 3 is 2.86 bits per heavy atom. The van der Waals surface area contributed by atoms with Crippen LogP contribution in [-0.4, -0.2) is 34.1 Å². The molecular weight excluding hydrogens is 178 g/mol. The van der Waals surface area contributed by atoms with Crippen LogP contribution in [0.2, 0.25) is 0 Å². The molecule has 2 rings (SSSR count). The molecule has 1 aromatic heterocycles. The fraction of sp³-hybridized carbons (Fsp3) is 0.400. The third-order valence-electron chi connectivity index (χ3n) is 2.34. The van der Waals surface area contributed by atoms with Gasteiger partial charge >= 0.3 is 0 Å². The maximum Gasteiger partial charge on any atom is 0.274 e. The van der Waals surface area contributed by atoms with Gasteiger partial charge in [0.2, 0.25) is 0 Å². The van der Waals surface area contributed by atoms with Crippen molar-refractivity contribution in [3.8, 4) is 0 Å². The highest BCUT2D eigenvalue weighted by Gasteiger charge is 2.18. The van der Waals surface area contributed by atoms with Crippen molar-refractivity contribution in [2.24, 2.45) is 0 Å². The van der Waals surface area contributed by atoms with E-state index in [-0.39, 0.29) is 5.91 Å². The van der Waals surface area contributed by atoms with E-state index in [1.807, 2.05) is 25.1 Å². The Bertz CT molecular complexity index is 359. The third-order valence-corrected chi connectivity index (χ3v) is 2.34. The molecule has 1 aromatic rings. The highest BCUT2D eigenvalue weighted by molar-refractivity contribution is 5.92. The van der Waals surface area contributed by atoms with Gasteiger partial charge in [0.15, 0.2) is 0 Å². The Morgan fingerprint density at radius 1 is 1.57 bits per heavy atom. The summed E-state index contributed by atoms with van der Waals surface area (Å²) in [5.74, 6) is 0.00551. The summed E-state index contributed by atoms with van der Waals surface area (Å²) in [7, 11) is 0. The van der Waals surface area contributed by atoms with Gasteiger partial charge < -0.3 is 4.90 Å². The molecule has 0 radical (unpaired) electrons. The number of rotatable bonds is 2. The predicted octanol–water partition coefficient (Wildman–Crippen LogP) is 0.984. The summed E-state index contributed by atoms with van der Waals surface area (Å²) < 4.78 is 0. The van der Waals surface area contributed by atoms with Gasteiger partial charge in [0.25, 0.3) is 5.91 Å². The first-order valence-corrected chi connectivity index (χ1v) is 4.80. The highest BCUT2D eigenvalue weighted by atomic mass is 16.2. The van der Waals surface area contributed by atoms with Crippen molar-refractivity contribution >= 4 is 5.91 Å². The summed E-state index contributed by atoms with van der Waals surface area (Å²) in [4.78, 5) is 13.5. The number of aryl methyl sites for hydroxylation is 1. The molecule has 0 saturated heterocycles. The molecule has 2 heterocycles. The van der Waals surface area contributed by atoms with Gasteiger partial charge in [-0.3, -0.25) is 9.89 Å². The Kier molecular flexibility index (Phi) is 2.35. The summed E-state index contributed by atoms with van der Waals surface area (Å²) in [6.45, 7) is 3.43. The van der Waals surface area contributed by atoms with Crippen molar-refractivity contribution in [2.75, 3.05) is 13.1 Å². The standard InChI is InChI=1S/C10H13N3O/c1-2-8-7-9(12-11-8)10(14)13-5-3-4-6-13/h3-4,7H,2,5-6H2,1H3,(H,11,12). The number of hydrogen-bond acceptors (Lipinski definition) is 2. The van der Waals surface area contributed by atoms with Crippen molar-refractivity contribution in [3.05, 3.63) is 29.6 Å². The van der Waals surface area contributed by atoms with Crippen LogP contribution < -0.4 is 0 Å². The fourth-order valence-electron chi connectivity index (χ4n) is 1.46. The number of carbonyl (C=O) groups is 1. The van der Waals surface area contributed by atoms with Crippen LogP contribution in [0.25, 0.3) is 0 Å². The highest BCUT2D eigenvalue weighted by Crippen LogP contribution is 2.07. The van der Waals surface area contributed by atoms with Gasteiger partial charge in [0, 0.05) is 18.8 Å². The molecule has 4 nitrogen and oxygen atoms in total. The first kappa shape index (κ1) is 8.99. The van der Waals surface area contributed by atoms with Crippen LogP contribution in [0, 0.1) is 0 Å². The molecule has 0 atom stereocenters. The second-order valence-corrected chi connectivity index (χ2v) is 3.31. The molecule has 0 fully saturated rings. The average Bonchev–Trinajstić information content (AvgIpc) is 2.88. The molecule has 1 N–H and O–H groups in total. The van der Waals surface area contributed by atoms with Crippen LogP contribution in [0.4, 0.5) is 0 Å². The molecule has 1 aliphatic heterocycles. The minimum Gasteiger partial charge on any atom is -0.330 e. The first-order valence-electron chi connectivity index (χ1n) is 4.80. The van der Waals surface area contributed by atoms with E-state index in [9.17, 15) is 4.79 Å². The van der Waals surface area contributed by atoms with Crippen molar-refractivity contribution in [2.45, 2.75) is 13.3 Å². The topological polar surface area (TPSA) is 49.0 Å². The zero-order chi connectivity index (χ0) is 9.97. The molecule has 74 valence electrons. The van der Waals surface area contributed by atoms with Crippen LogP contribution in [0.5, 0.6) is 0 Å². The molecule has 0 bridgehead atoms. The quantitative estimate of drug-likeness (QED) is 0.708. The number of nitrogens with zero attached hydrogens (tertiary/aromatic N) is 2. The molecule has 0 aromatic carbocycles. The zero-order valence-corrected chi connectivity index (χ0v) is 8.16. The van der Waals surface area contributed by atoms with Gasteiger partial charge in [-0.25, -0.2) is 0 Å². The number of hydrogen-bond donors (Lipinski definition) is 1. The van der Waals surface area contributed by atoms with E-state index in [1.165, 1.54) is 0 Å². The number of aromatic amines is 1. The molecule has 1 amide bonds. The lowest BCUT2D eigenvalue weighted by Gasteiger charge is -2.12. The van der Waals surface area contributed by atoms with E-state index >= 15 is 0 Å². The Balaban J connectivity index is 2.10. The van der Waals surface area contributed by atoms with E-state index in [1.54, 1.807) is 4.90 Å². The maximum absolute atomic E-state index is 11.8. The summed E-state index contributed by atoms with van der Waals surface area (Å²) in [5.41, 5.74) is 1.52. The molecule has 0 unspecified atom stereocenters. The van der Waals surface area contributed by atoms with Crippen LogP contribution >= 0.6 is 0 Å². The average molecular weight is 191 g/mol. The minimum absolute atomic E-state index is 0.00551. The lowest BCUT2D eigenvalue weighted by atomic mass is 10.3. The lowest BCUT2D eigenvalue weighted by Crippen LogP contribution is -2.28. The molecule has 4 heteroatoms. The van der Waals surface area contributed by atoms with Gasteiger partial charge in [0.05, 0.1) is 0 Å². The minimum atomic E-state index is 0.00551. The third kappa shape index (κ3) is 1.55. The molecular formula is C10H13N3O. The van der Waals surface area contributed by atoms with E-state index < -0.39 is 0 Å². The number of nitrogens with one attached hydrogen (secondary N) is 1. The van der Waals surface area contributed by atoms with Gasteiger partial charge in [0.1, 0.15) is 5.69 Å². The zero-order valence-electron chi connectivity index (χ0n) is 8.16. The normalized spacial score (nSPS) is 15.1. The van der Waals surface area contributed by atoms with Crippen molar-refractivity contribution in [3.63, 3.8) is 0 Å². The van der Waals surface area contributed by atoms with Crippen molar-refractivity contribution in [1.82, 2.24) is 15.1 Å². The first-order chi connectivity index (χ1) is 6.81. The molecule has 0 saturated carbocycles. The molecule has 1 aliphatic rings. The van der Waals surface area contributed by atoms with E-state index in [0.29, 0.717) is 18.8 Å². The second kappa shape index (κ2) is 3.65. The lowest BCUT2D eigenvalue weighted by molar-refractivity contribution is 0.0794. The summed E-state index contributed by atoms with van der Waals surface area (Å²) >= 11 is 0. The fourth-order valence-corrected chi connectivity index (χ4v) is 1.46. The smallest absolute Gasteiger partial charge is 0.274 e. The van der Waals surface area contributed by atoms with E-state index in [4.69, 9.17) is 0 Å². The van der Waals surface area contributed by atoms with Crippen LogP contribution in [0.1, 0.15) is 23.1 Å². The van der Waals surface area contributed by atoms with E-state index in [0.717, 1.165) is 12.1 Å². The Labute approximate surface area is 82.6 Å². The van der Waals surface area contributed by atoms with Crippen LogP contribution in [0.3, 0.4) is 0 Å². The number of amides is 1. The Morgan fingerprint density at radius 2 is 2.29 bits per heavy atom. The Hall–Kier alpha value is -1.58. The largest absolute Gasteiger partial charge is 0.330 e. The monoisotopic (exact) mass is 191 g/mol. The predicted molar refractivity (Wildman–Crippen MR) is 53.0 cm³/mol. The maximum atomic E-state index is 11.8. The number of H-pyrrole nitrogens is 1. The number of carbonyl (C=O) groups excluding carboxylic acids is 1. The van der Waals surface area contributed by atoms with Crippen molar-refractivity contribution < 1.29 is 4.79 Å². The summed E-state index contributed by atoms with van der Waals surface area (Å²) in [5, 5.41) is 6.83. The van der Waals surface area contributed by atoms with Gasteiger partial charge in [-0.1, -0.05) is 19.1 Å². The second-order valence-electron chi connectivity index (χ2n) is 3.31. The van der Waals surface area contributed by atoms with Crippen molar-refractivity contribution in [1.29, 1.82) is 0 Å².